The summed E-state index contributed by atoms with van der Waals surface area (Å²) in [4.78, 5) is 26.8. The van der Waals surface area contributed by atoms with Crippen molar-refractivity contribution in [2.75, 3.05) is 11.9 Å². The molecule has 1 aliphatic rings. The van der Waals surface area contributed by atoms with Crippen LogP contribution in [0.5, 0.6) is 0 Å². The maximum absolute atomic E-state index is 13.3. The van der Waals surface area contributed by atoms with Gasteiger partial charge in [-0.05, 0) is 49.2 Å². The lowest BCUT2D eigenvalue weighted by atomic mass is 10.1. The van der Waals surface area contributed by atoms with E-state index in [0.29, 0.717) is 40.7 Å². The number of carbonyl (C=O) groups is 2. The van der Waals surface area contributed by atoms with Gasteiger partial charge in [0.05, 0.1) is 0 Å². The topological polar surface area (TPSA) is 49.4 Å². The van der Waals surface area contributed by atoms with E-state index in [4.69, 9.17) is 23.2 Å². The van der Waals surface area contributed by atoms with Crippen molar-refractivity contribution < 1.29 is 14.0 Å². The molecule has 1 unspecified atom stereocenters. The number of anilines is 1. The molecule has 4 nitrogen and oxygen atoms in total. The van der Waals surface area contributed by atoms with E-state index in [1.54, 1.807) is 6.07 Å². The number of nitrogens with zero attached hydrogens (tertiary/aromatic N) is 1. The Balaban J connectivity index is 1.77. The Hall–Kier alpha value is -2.11. The van der Waals surface area contributed by atoms with Crippen molar-refractivity contribution in [1.29, 1.82) is 0 Å². The Morgan fingerprint density at radius 3 is 2.52 bits per heavy atom. The molecular formula is C18H15Cl2FN2O2. The van der Waals surface area contributed by atoms with Gasteiger partial charge >= 0.3 is 0 Å². The number of rotatable bonds is 3. The number of likely N-dealkylation sites (tertiary alicyclic amines) is 1. The predicted molar refractivity (Wildman–Crippen MR) is 95.6 cm³/mol. The minimum Gasteiger partial charge on any atom is -0.327 e. The predicted octanol–water partition coefficient (Wildman–Crippen LogP) is 4.38. The second-order valence-electron chi connectivity index (χ2n) is 5.81. The van der Waals surface area contributed by atoms with Crippen LogP contribution in [0.3, 0.4) is 0 Å². The van der Waals surface area contributed by atoms with Crippen molar-refractivity contribution in [3.05, 3.63) is 63.9 Å². The highest BCUT2D eigenvalue weighted by atomic mass is 35.5. The molecule has 0 radical (unpaired) electrons. The van der Waals surface area contributed by atoms with Crippen molar-refractivity contribution in [1.82, 2.24) is 4.90 Å². The minimum absolute atomic E-state index is 0.304. The van der Waals surface area contributed by atoms with Gasteiger partial charge in [0.1, 0.15) is 11.9 Å². The van der Waals surface area contributed by atoms with Crippen LogP contribution < -0.4 is 5.32 Å². The summed E-state index contributed by atoms with van der Waals surface area (Å²) in [6, 6.07) is 9.60. The highest BCUT2D eigenvalue weighted by molar-refractivity contribution is 6.35. The maximum Gasteiger partial charge on any atom is 0.254 e. The van der Waals surface area contributed by atoms with E-state index in [0.717, 1.165) is 0 Å². The second kappa shape index (κ2) is 7.42. The van der Waals surface area contributed by atoms with E-state index in [1.807, 2.05) is 0 Å². The second-order valence-corrected chi connectivity index (χ2v) is 6.69. The molecular weight excluding hydrogens is 366 g/mol. The average Bonchev–Trinajstić information content (AvgIpc) is 3.03. The number of carbonyl (C=O) groups excluding carboxylic acids is 2. The first-order valence-corrected chi connectivity index (χ1v) is 8.53. The Morgan fingerprint density at radius 2 is 1.84 bits per heavy atom. The fourth-order valence-electron chi connectivity index (χ4n) is 2.92. The van der Waals surface area contributed by atoms with Gasteiger partial charge in [-0.3, -0.25) is 9.59 Å². The number of halogens is 3. The van der Waals surface area contributed by atoms with Crippen molar-refractivity contribution in [3.63, 3.8) is 0 Å². The Kier molecular flexibility index (Phi) is 5.25. The molecule has 2 amide bonds. The molecule has 1 saturated heterocycles. The summed E-state index contributed by atoms with van der Waals surface area (Å²) in [5, 5.41) is 3.37. The van der Waals surface area contributed by atoms with Crippen molar-refractivity contribution >= 4 is 40.7 Å². The number of benzene rings is 2. The normalized spacial score (nSPS) is 16.8. The van der Waals surface area contributed by atoms with Gasteiger partial charge in [-0.25, -0.2) is 4.39 Å². The lowest BCUT2D eigenvalue weighted by Gasteiger charge is -2.24. The van der Waals surface area contributed by atoms with Gasteiger partial charge in [0, 0.05) is 27.8 Å². The molecule has 0 bridgehead atoms. The number of hydrogen-bond acceptors (Lipinski definition) is 2. The average molecular weight is 381 g/mol. The molecule has 1 aliphatic heterocycles. The molecule has 0 spiro atoms. The molecule has 2 aromatic carbocycles. The molecule has 1 N–H and O–H groups in total. The Morgan fingerprint density at radius 1 is 1.12 bits per heavy atom. The van der Waals surface area contributed by atoms with E-state index in [2.05, 4.69) is 5.32 Å². The SMILES string of the molecule is O=C(Nc1cccc(F)c1)C1CCCN1C(=O)c1cc(Cl)cc(Cl)c1. The van der Waals surface area contributed by atoms with Gasteiger partial charge in [-0.1, -0.05) is 29.3 Å². The van der Waals surface area contributed by atoms with Crippen LogP contribution in [0.25, 0.3) is 0 Å². The van der Waals surface area contributed by atoms with Crippen LogP contribution in [0.15, 0.2) is 42.5 Å². The van der Waals surface area contributed by atoms with Crippen molar-refractivity contribution in [3.8, 4) is 0 Å². The standard InChI is InChI=1S/C18H15Cl2FN2O2/c19-12-7-11(8-13(20)9-12)18(25)23-6-2-5-16(23)17(24)22-15-4-1-3-14(21)10-15/h1,3-4,7-10,16H,2,5-6H2,(H,22,24). The fourth-order valence-corrected chi connectivity index (χ4v) is 3.44. The van der Waals surface area contributed by atoms with Crippen LogP contribution in [-0.2, 0) is 4.79 Å². The van der Waals surface area contributed by atoms with Gasteiger partial charge in [0.25, 0.3) is 5.91 Å². The zero-order valence-electron chi connectivity index (χ0n) is 13.1. The third-order valence-electron chi connectivity index (χ3n) is 4.02. The largest absolute Gasteiger partial charge is 0.327 e. The lowest BCUT2D eigenvalue weighted by Crippen LogP contribution is -2.43. The highest BCUT2D eigenvalue weighted by Crippen LogP contribution is 2.25. The van der Waals surface area contributed by atoms with E-state index < -0.39 is 11.9 Å². The smallest absolute Gasteiger partial charge is 0.254 e. The Labute approximate surface area is 154 Å². The summed E-state index contributed by atoms with van der Waals surface area (Å²) in [5.41, 5.74) is 0.693. The zero-order chi connectivity index (χ0) is 18.0. The van der Waals surface area contributed by atoms with E-state index in [-0.39, 0.29) is 11.8 Å². The van der Waals surface area contributed by atoms with E-state index >= 15 is 0 Å². The van der Waals surface area contributed by atoms with Crippen LogP contribution >= 0.6 is 23.2 Å². The third kappa shape index (κ3) is 4.11. The van der Waals surface area contributed by atoms with E-state index in [1.165, 1.54) is 41.3 Å². The minimum atomic E-state index is -0.617. The summed E-state index contributed by atoms with van der Waals surface area (Å²) >= 11 is 11.9. The first-order valence-electron chi connectivity index (χ1n) is 7.77. The molecule has 1 fully saturated rings. The van der Waals surface area contributed by atoms with Crippen LogP contribution in [-0.4, -0.2) is 29.3 Å². The molecule has 2 aromatic rings. The maximum atomic E-state index is 13.3. The van der Waals surface area contributed by atoms with Crippen molar-refractivity contribution in [2.24, 2.45) is 0 Å². The third-order valence-corrected chi connectivity index (χ3v) is 4.45. The number of hydrogen-bond donors (Lipinski definition) is 1. The number of amides is 2. The molecule has 0 saturated carbocycles. The number of nitrogens with one attached hydrogen (secondary N) is 1. The van der Waals surface area contributed by atoms with Gasteiger partial charge in [0.2, 0.25) is 5.91 Å². The van der Waals surface area contributed by atoms with Gasteiger partial charge < -0.3 is 10.2 Å². The first kappa shape index (κ1) is 17.7. The summed E-state index contributed by atoms with van der Waals surface area (Å²) in [6.07, 6.45) is 1.25. The summed E-state index contributed by atoms with van der Waals surface area (Å²) in [6.45, 7) is 0.463. The quantitative estimate of drug-likeness (QED) is 0.858. The zero-order valence-corrected chi connectivity index (χ0v) is 14.6. The molecule has 1 atom stereocenters. The fraction of sp³-hybridized carbons (Fsp3) is 0.222. The highest BCUT2D eigenvalue weighted by Gasteiger charge is 2.34. The van der Waals surface area contributed by atoms with Crippen LogP contribution in [0, 0.1) is 5.82 Å². The summed E-state index contributed by atoms with van der Waals surface area (Å²) < 4.78 is 13.3. The van der Waals surface area contributed by atoms with Crippen LogP contribution in [0.2, 0.25) is 10.0 Å². The molecule has 130 valence electrons. The first-order chi connectivity index (χ1) is 11.9. The molecule has 0 aliphatic carbocycles. The van der Waals surface area contributed by atoms with Crippen LogP contribution in [0.1, 0.15) is 23.2 Å². The molecule has 25 heavy (non-hydrogen) atoms. The van der Waals surface area contributed by atoms with Crippen LogP contribution in [0.4, 0.5) is 10.1 Å². The molecule has 1 heterocycles. The van der Waals surface area contributed by atoms with Gasteiger partial charge in [-0.15, -0.1) is 0 Å². The molecule has 0 aromatic heterocycles. The van der Waals surface area contributed by atoms with Crippen molar-refractivity contribution in [2.45, 2.75) is 18.9 Å². The molecule has 7 heteroatoms. The Bertz CT molecular complexity index is 808. The monoisotopic (exact) mass is 380 g/mol. The van der Waals surface area contributed by atoms with Gasteiger partial charge in [-0.2, -0.15) is 0 Å². The molecule has 3 rings (SSSR count). The lowest BCUT2D eigenvalue weighted by molar-refractivity contribution is -0.119. The van der Waals surface area contributed by atoms with E-state index in [9.17, 15) is 14.0 Å². The van der Waals surface area contributed by atoms with Gasteiger partial charge in [0.15, 0.2) is 0 Å². The summed E-state index contributed by atoms with van der Waals surface area (Å²) in [5.74, 6) is -1.09. The summed E-state index contributed by atoms with van der Waals surface area (Å²) in [7, 11) is 0.